The summed E-state index contributed by atoms with van der Waals surface area (Å²) >= 11 is 1.40. The molecule has 100 valence electrons. The predicted molar refractivity (Wildman–Crippen MR) is 71.8 cm³/mol. The van der Waals surface area contributed by atoms with E-state index in [0.717, 1.165) is 0 Å². The third-order valence-electron chi connectivity index (χ3n) is 2.67. The van der Waals surface area contributed by atoms with Gasteiger partial charge >= 0.3 is 0 Å². The maximum Gasteiger partial charge on any atom is 0.222 e. The third kappa shape index (κ3) is 4.98. The molecule has 0 saturated heterocycles. The number of aliphatic hydroxyl groups excluding tert-OH is 1. The van der Waals surface area contributed by atoms with E-state index >= 15 is 0 Å². The molecule has 0 aromatic carbocycles. The van der Waals surface area contributed by atoms with E-state index in [0.29, 0.717) is 17.8 Å². The lowest BCUT2D eigenvalue weighted by Gasteiger charge is -2.17. The molecule has 5 heteroatoms. The number of thiophene rings is 1. The van der Waals surface area contributed by atoms with E-state index in [2.05, 4.69) is 0 Å². The van der Waals surface area contributed by atoms with E-state index in [1.807, 2.05) is 11.4 Å². The van der Waals surface area contributed by atoms with Crippen LogP contribution in [-0.4, -0.2) is 41.4 Å². The molecule has 1 atom stereocenters. The van der Waals surface area contributed by atoms with E-state index in [9.17, 15) is 9.59 Å². The Bertz CT molecular complexity index is 387. The number of hydrogen-bond acceptors (Lipinski definition) is 4. The number of ketones is 1. The van der Waals surface area contributed by atoms with Crippen molar-refractivity contribution in [2.45, 2.75) is 32.3 Å². The number of hydrogen-bond donors (Lipinski definition) is 1. The van der Waals surface area contributed by atoms with E-state index in [1.165, 1.54) is 11.3 Å². The second kappa shape index (κ2) is 7.28. The molecule has 0 radical (unpaired) electrons. The Morgan fingerprint density at radius 3 is 2.72 bits per heavy atom. The van der Waals surface area contributed by atoms with Crippen molar-refractivity contribution in [1.29, 1.82) is 0 Å². The highest BCUT2D eigenvalue weighted by molar-refractivity contribution is 7.12. The van der Waals surface area contributed by atoms with Gasteiger partial charge in [0, 0.05) is 26.4 Å². The van der Waals surface area contributed by atoms with Gasteiger partial charge in [-0.1, -0.05) is 6.07 Å². The standard InChI is InChI=1S/C13H19NO3S/c1-10(15)7-8-14(2)13(17)6-5-11(16)12-4-3-9-18-12/h3-4,9-10,15H,5-8H2,1-2H3. The van der Waals surface area contributed by atoms with Crippen molar-refractivity contribution >= 4 is 23.0 Å². The van der Waals surface area contributed by atoms with Crippen molar-refractivity contribution < 1.29 is 14.7 Å². The van der Waals surface area contributed by atoms with Gasteiger partial charge in [0.2, 0.25) is 5.91 Å². The molecule has 0 aliphatic rings. The fourth-order valence-corrected chi connectivity index (χ4v) is 2.17. The van der Waals surface area contributed by atoms with E-state index in [1.54, 1.807) is 24.9 Å². The molecular weight excluding hydrogens is 250 g/mol. The lowest BCUT2D eigenvalue weighted by molar-refractivity contribution is -0.130. The smallest absolute Gasteiger partial charge is 0.222 e. The third-order valence-corrected chi connectivity index (χ3v) is 3.58. The number of carbonyl (C=O) groups is 2. The topological polar surface area (TPSA) is 57.6 Å². The van der Waals surface area contributed by atoms with Crippen LogP contribution in [0.1, 0.15) is 35.9 Å². The zero-order valence-electron chi connectivity index (χ0n) is 10.8. The quantitative estimate of drug-likeness (QED) is 0.770. The molecular formula is C13H19NO3S. The zero-order valence-corrected chi connectivity index (χ0v) is 11.6. The second-order valence-electron chi connectivity index (χ2n) is 4.35. The Morgan fingerprint density at radius 1 is 1.44 bits per heavy atom. The van der Waals surface area contributed by atoms with Crippen molar-refractivity contribution in [3.8, 4) is 0 Å². The van der Waals surface area contributed by atoms with Gasteiger partial charge in [0.25, 0.3) is 0 Å². The first kappa shape index (κ1) is 14.9. The number of Topliss-reactive ketones (excluding diaryl/α,β-unsaturated/α-hetero) is 1. The van der Waals surface area contributed by atoms with Gasteiger partial charge in [0.05, 0.1) is 11.0 Å². The van der Waals surface area contributed by atoms with Crippen molar-refractivity contribution in [2.75, 3.05) is 13.6 Å². The maximum atomic E-state index is 11.7. The van der Waals surface area contributed by atoms with Crippen LogP contribution in [0, 0.1) is 0 Å². The molecule has 1 unspecified atom stereocenters. The van der Waals surface area contributed by atoms with E-state index in [-0.39, 0.29) is 24.5 Å². The maximum absolute atomic E-state index is 11.7. The van der Waals surface area contributed by atoms with Gasteiger partial charge in [-0.25, -0.2) is 0 Å². The van der Waals surface area contributed by atoms with Crippen LogP contribution in [-0.2, 0) is 4.79 Å². The normalized spacial score (nSPS) is 12.2. The lowest BCUT2D eigenvalue weighted by Crippen LogP contribution is -2.29. The highest BCUT2D eigenvalue weighted by Gasteiger charge is 2.13. The molecule has 0 aliphatic heterocycles. The Morgan fingerprint density at radius 2 is 2.17 bits per heavy atom. The fourth-order valence-electron chi connectivity index (χ4n) is 1.48. The summed E-state index contributed by atoms with van der Waals surface area (Å²) in [6, 6.07) is 3.60. The van der Waals surface area contributed by atoms with Crippen LogP contribution in [0.3, 0.4) is 0 Å². The van der Waals surface area contributed by atoms with Gasteiger partial charge in [0.1, 0.15) is 0 Å². The molecule has 0 spiro atoms. The molecule has 0 aliphatic carbocycles. The second-order valence-corrected chi connectivity index (χ2v) is 5.30. The first-order valence-electron chi connectivity index (χ1n) is 5.99. The molecule has 0 saturated carbocycles. The number of amides is 1. The molecule has 18 heavy (non-hydrogen) atoms. The number of aliphatic hydroxyl groups is 1. The van der Waals surface area contributed by atoms with E-state index in [4.69, 9.17) is 5.11 Å². The SMILES string of the molecule is CC(O)CCN(C)C(=O)CCC(=O)c1cccs1. The first-order valence-corrected chi connectivity index (χ1v) is 6.87. The predicted octanol–water partition coefficient (Wildman–Crippen LogP) is 1.94. The van der Waals surface area contributed by atoms with Crippen LogP contribution in [0.2, 0.25) is 0 Å². The van der Waals surface area contributed by atoms with Gasteiger partial charge in [0.15, 0.2) is 5.78 Å². The van der Waals surface area contributed by atoms with Gasteiger partial charge in [-0.15, -0.1) is 11.3 Å². The Labute approximate surface area is 111 Å². The van der Waals surface area contributed by atoms with Gasteiger partial charge < -0.3 is 10.0 Å². The molecule has 1 N–H and O–H groups in total. The van der Waals surface area contributed by atoms with Crippen LogP contribution in [0.15, 0.2) is 17.5 Å². The molecule has 1 aromatic rings. The first-order chi connectivity index (χ1) is 8.50. The molecule has 0 bridgehead atoms. The van der Waals surface area contributed by atoms with E-state index < -0.39 is 6.10 Å². The average Bonchev–Trinajstić information content (AvgIpc) is 2.86. The molecule has 1 rings (SSSR count). The summed E-state index contributed by atoms with van der Waals surface area (Å²) in [5, 5.41) is 11.0. The molecule has 0 fully saturated rings. The Balaban J connectivity index is 2.30. The fraction of sp³-hybridized carbons (Fsp3) is 0.538. The summed E-state index contributed by atoms with van der Waals surface area (Å²) in [5.41, 5.74) is 0. The summed E-state index contributed by atoms with van der Waals surface area (Å²) < 4.78 is 0. The average molecular weight is 269 g/mol. The van der Waals surface area contributed by atoms with Gasteiger partial charge in [-0.3, -0.25) is 9.59 Å². The van der Waals surface area contributed by atoms with Crippen LogP contribution in [0.25, 0.3) is 0 Å². The molecule has 1 amide bonds. The Hall–Kier alpha value is -1.20. The van der Waals surface area contributed by atoms with Gasteiger partial charge in [-0.05, 0) is 24.8 Å². The highest BCUT2D eigenvalue weighted by Crippen LogP contribution is 2.12. The van der Waals surface area contributed by atoms with Crippen LogP contribution in [0.5, 0.6) is 0 Å². The van der Waals surface area contributed by atoms with Crippen LogP contribution < -0.4 is 0 Å². The lowest BCUT2D eigenvalue weighted by atomic mass is 10.1. The zero-order chi connectivity index (χ0) is 13.5. The minimum absolute atomic E-state index is 0.0160. The summed E-state index contributed by atoms with van der Waals surface area (Å²) in [6.07, 6.45) is 0.625. The van der Waals surface area contributed by atoms with Crippen LogP contribution in [0.4, 0.5) is 0 Å². The summed E-state index contributed by atoms with van der Waals surface area (Å²) in [4.78, 5) is 25.7. The molecule has 4 nitrogen and oxygen atoms in total. The molecule has 1 aromatic heterocycles. The van der Waals surface area contributed by atoms with Crippen molar-refractivity contribution in [1.82, 2.24) is 4.90 Å². The molecule has 1 heterocycles. The number of rotatable bonds is 7. The monoisotopic (exact) mass is 269 g/mol. The minimum Gasteiger partial charge on any atom is -0.393 e. The Kier molecular flexibility index (Phi) is 6.01. The largest absolute Gasteiger partial charge is 0.393 e. The van der Waals surface area contributed by atoms with Crippen molar-refractivity contribution in [2.24, 2.45) is 0 Å². The summed E-state index contributed by atoms with van der Waals surface area (Å²) in [5.74, 6) is -0.0390. The highest BCUT2D eigenvalue weighted by atomic mass is 32.1. The number of carbonyl (C=O) groups excluding carboxylic acids is 2. The summed E-state index contributed by atoms with van der Waals surface area (Å²) in [7, 11) is 1.69. The van der Waals surface area contributed by atoms with Crippen molar-refractivity contribution in [3.05, 3.63) is 22.4 Å². The minimum atomic E-state index is -0.409. The van der Waals surface area contributed by atoms with Crippen LogP contribution >= 0.6 is 11.3 Å². The number of nitrogens with zero attached hydrogens (tertiary/aromatic N) is 1. The summed E-state index contributed by atoms with van der Waals surface area (Å²) in [6.45, 7) is 2.21. The van der Waals surface area contributed by atoms with Gasteiger partial charge in [-0.2, -0.15) is 0 Å². The van der Waals surface area contributed by atoms with Crippen molar-refractivity contribution in [3.63, 3.8) is 0 Å².